The van der Waals surface area contributed by atoms with Crippen LogP contribution in [-0.2, 0) is 4.79 Å². The SMILES string of the molecule is CC1=NN(c2ccccn2)C(=O)C1. The lowest BCUT2D eigenvalue weighted by molar-refractivity contribution is -0.116. The van der Waals surface area contributed by atoms with E-state index in [2.05, 4.69) is 10.1 Å². The van der Waals surface area contributed by atoms with Crippen LogP contribution in [0.5, 0.6) is 0 Å². The van der Waals surface area contributed by atoms with Gasteiger partial charge in [-0.3, -0.25) is 4.79 Å². The zero-order valence-electron chi connectivity index (χ0n) is 7.27. The van der Waals surface area contributed by atoms with Gasteiger partial charge in [0, 0.05) is 11.9 Å². The van der Waals surface area contributed by atoms with E-state index < -0.39 is 0 Å². The number of hydrogen-bond acceptors (Lipinski definition) is 3. The highest BCUT2D eigenvalue weighted by Gasteiger charge is 2.22. The van der Waals surface area contributed by atoms with E-state index in [0.29, 0.717) is 12.2 Å². The number of nitrogens with zero attached hydrogens (tertiary/aromatic N) is 3. The molecule has 0 fully saturated rings. The van der Waals surface area contributed by atoms with E-state index in [0.717, 1.165) is 5.71 Å². The van der Waals surface area contributed by atoms with Gasteiger partial charge in [-0.1, -0.05) is 6.07 Å². The third-order valence-electron chi connectivity index (χ3n) is 1.78. The largest absolute Gasteiger partial charge is 0.272 e. The molecule has 4 nitrogen and oxygen atoms in total. The molecule has 1 aromatic rings. The molecule has 0 atom stereocenters. The van der Waals surface area contributed by atoms with Crippen LogP contribution in [0.25, 0.3) is 0 Å². The van der Waals surface area contributed by atoms with Crippen LogP contribution in [0.3, 0.4) is 0 Å². The maximum absolute atomic E-state index is 11.4. The van der Waals surface area contributed by atoms with E-state index in [1.165, 1.54) is 5.01 Å². The molecule has 0 aliphatic carbocycles. The molecule has 1 amide bonds. The highest BCUT2D eigenvalue weighted by molar-refractivity contribution is 6.11. The Balaban J connectivity index is 2.33. The second-order valence-electron chi connectivity index (χ2n) is 2.91. The van der Waals surface area contributed by atoms with Gasteiger partial charge in [-0.05, 0) is 19.1 Å². The summed E-state index contributed by atoms with van der Waals surface area (Å²) in [6, 6.07) is 5.40. The minimum atomic E-state index is -0.0174. The van der Waals surface area contributed by atoms with Crippen molar-refractivity contribution in [3.8, 4) is 0 Å². The van der Waals surface area contributed by atoms with E-state index in [1.807, 2.05) is 13.0 Å². The summed E-state index contributed by atoms with van der Waals surface area (Å²) in [5.41, 5.74) is 0.829. The van der Waals surface area contributed by atoms with Gasteiger partial charge in [-0.25, -0.2) is 4.98 Å². The maximum Gasteiger partial charge on any atom is 0.254 e. The summed E-state index contributed by atoms with van der Waals surface area (Å²) < 4.78 is 0. The molecule has 0 aromatic carbocycles. The van der Waals surface area contributed by atoms with Gasteiger partial charge < -0.3 is 0 Å². The maximum atomic E-state index is 11.4. The van der Waals surface area contributed by atoms with Crippen molar-refractivity contribution in [1.82, 2.24) is 4.98 Å². The lowest BCUT2D eigenvalue weighted by Gasteiger charge is -2.08. The average Bonchev–Trinajstić information content (AvgIpc) is 2.47. The Labute approximate surface area is 75.9 Å². The molecular formula is C9H9N3O. The van der Waals surface area contributed by atoms with Crippen molar-refractivity contribution in [2.24, 2.45) is 5.10 Å². The molecule has 1 aromatic heterocycles. The summed E-state index contributed by atoms with van der Waals surface area (Å²) in [5.74, 6) is 0.570. The third-order valence-corrected chi connectivity index (χ3v) is 1.78. The Morgan fingerprint density at radius 1 is 1.46 bits per heavy atom. The Morgan fingerprint density at radius 3 is 2.85 bits per heavy atom. The Hall–Kier alpha value is -1.71. The zero-order chi connectivity index (χ0) is 9.26. The Morgan fingerprint density at radius 2 is 2.31 bits per heavy atom. The molecular weight excluding hydrogens is 166 g/mol. The first kappa shape index (κ1) is 7.91. The van der Waals surface area contributed by atoms with Crippen LogP contribution in [-0.4, -0.2) is 16.6 Å². The number of rotatable bonds is 1. The first-order chi connectivity index (χ1) is 6.27. The normalized spacial score (nSPS) is 16.2. The molecule has 0 bridgehead atoms. The fourth-order valence-corrected chi connectivity index (χ4v) is 1.21. The highest BCUT2D eigenvalue weighted by Crippen LogP contribution is 2.16. The second kappa shape index (κ2) is 2.97. The lowest BCUT2D eigenvalue weighted by atomic mass is 10.3. The zero-order valence-corrected chi connectivity index (χ0v) is 7.27. The van der Waals surface area contributed by atoms with E-state index in [-0.39, 0.29) is 5.91 Å². The Kier molecular flexibility index (Phi) is 1.81. The van der Waals surface area contributed by atoms with Gasteiger partial charge in [-0.2, -0.15) is 10.1 Å². The number of hydrazone groups is 1. The molecule has 4 heteroatoms. The van der Waals surface area contributed by atoms with Crippen molar-refractivity contribution < 1.29 is 4.79 Å². The minimum Gasteiger partial charge on any atom is -0.272 e. The van der Waals surface area contributed by atoms with Crippen LogP contribution in [0.4, 0.5) is 5.82 Å². The summed E-state index contributed by atoms with van der Waals surface area (Å²) in [6.45, 7) is 1.83. The topological polar surface area (TPSA) is 45.6 Å². The summed E-state index contributed by atoms with van der Waals surface area (Å²) in [5, 5.41) is 5.42. The van der Waals surface area contributed by atoms with Crippen LogP contribution in [0.1, 0.15) is 13.3 Å². The number of amides is 1. The summed E-state index contributed by atoms with van der Waals surface area (Å²) in [7, 11) is 0. The third kappa shape index (κ3) is 1.42. The average molecular weight is 175 g/mol. The van der Waals surface area contributed by atoms with E-state index in [4.69, 9.17) is 0 Å². The number of carbonyl (C=O) groups excluding carboxylic acids is 1. The van der Waals surface area contributed by atoms with Gasteiger partial charge in [0.15, 0.2) is 5.82 Å². The minimum absolute atomic E-state index is 0.0174. The second-order valence-corrected chi connectivity index (χ2v) is 2.91. The number of pyridine rings is 1. The first-order valence-corrected chi connectivity index (χ1v) is 4.05. The molecule has 2 heterocycles. The van der Waals surface area contributed by atoms with Crippen LogP contribution in [0, 0.1) is 0 Å². The lowest BCUT2D eigenvalue weighted by Crippen LogP contribution is -2.20. The molecule has 66 valence electrons. The molecule has 2 rings (SSSR count). The molecule has 13 heavy (non-hydrogen) atoms. The fourth-order valence-electron chi connectivity index (χ4n) is 1.21. The van der Waals surface area contributed by atoms with Crippen LogP contribution in [0.15, 0.2) is 29.5 Å². The van der Waals surface area contributed by atoms with Crippen molar-refractivity contribution in [2.75, 3.05) is 5.01 Å². The molecule has 0 saturated carbocycles. The van der Waals surface area contributed by atoms with E-state index in [1.54, 1.807) is 18.3 Å². The predicted octanol–water partition coefficient (Wildman–Crippen LogP) is 1.19. The molecule has 1 aliphatic heterocycles. The van der Waals surface area contributed by atoms with Crippen molar-refractivity contribution in [3.05, 3.63) is 24.4 Å². The fraction of sp³-hybridized carbons (Fsp3) is 0.222. The van der Waals surface area contributed by atoms with E-state index in [9.17, 15) is 4.79 Å². The van der Waals surface area contributed by atoms with Gasteiger partial charge >= 0.3 is 0 Å². The van der Waals surface area contributed by atoms with Crippen LogP contribution >= 0.6 is 0 Å². The van der Waals surface area contributed by atoms with Crippen molar-refractivity contribution in [2.45, 2.75) is 13.3 Å². The van der Waals surface area contributed by atoms with Gasteiger partial charge in [0.2, 0.25) is 0 Å². The van der Waals surface area contributed by atoms with Crippen molar-refractivity contribution >= 4 is 17.4 Å². The molecule has 0 N–H and O–H groups in total. The Bertz CT molecular complexity index is 358. The molecule has 0 radical (unpaired) electrons. The van der Waals surface area contributed by atoms with Gasteiger partial charge in [0.05, 0.1) is 6.42 Å². The molecule has 1 aliphatic rings. The first-order valence-electron chi connectivity index (χ1n) is 4.05. The van der Waals surface area contributed by atoms with E-state index >= 15 is 0 Å². The summed E-state index contributed by atoms with van der Waals surface area (Å²) >= 11 is 0. The van der Waals surface area contributed by atoms with Gasteiger partial charge in [0.25, 0.3) is 5.91 Å². The number of carbonyl (C=O) groups is 1. The van der Waals surface area contributed by atoms with Crippen molar-refractivity contribution in [1.29, 1.82) is 0 Å². The van der Waals surface area contributed by atoms with Gasteiger partial charge in [0.1, 0.15) is 0 Å². The van der Waals surface area contributed by atoms with Gasteiger partial charge in [-0.15, -0.1) is 0 Å². The number of hydrogen-bond donors (Lipinski definition) is 0. The van der Waals surface area contributed by atoms with Crippen molar-refractivity contribution in [3.63, 3.8) is 0 Å². The molecule has 0 saturated heterocycles. The quantitative estimate of drug-likeness (QED) is 0.643. The number of aromatic nitrogens is 1. The monoisotopic (exact) mass is 175 g/mol. The van der Waals surface area contributed by atoms with Crippen LogP contribution < -0.4 is 5.01 Å². The molecule has 0 spiro atoms. The highest BCUT2D eigenvalue weighted by atomic mass is 16.2. The smallest absolute Gasteiger partial charge is 0.254 e. The summed E-state index contributed by atoms with van der Waals surface area (Å²) in [4.78, 5) is 15.4. The number of anilines is 1. The summed E-state index contributed by atoms with van der Waals surface area (Å²) in [6.07, 6.45) is 2.04. The molecule has 0 unspecified atom stereocenters. The standard InChI is InChI=1S/C9H9N3O/c1-7-6-9(13)12(11-7)8-4-2-3-5-10-8/h2-5H,6H2,1H3. The van der Waals surface area contributed by atoms with Crippen LogP contribution in [0.2, 0.25) is 0 Å². The predicted molar refractivity (Wildman–Crippen MR) is 49.4 cm³/mol.